The average Bonchev–Trinajstić information content (AvgIpc) is 2.64. The standard InChI is InChI=1S/C13H17NO3/c1-8(2)10(7-15)5-9-3-4-12-11(6-9)14-13(16)17-12/h3-4,6,8,10,15H,5,7H2,1-2H3,(H,14,16). The maximum absolute atomic E-state index is 11.0. The van der Waals surface area contributed by atoms with Crippen LogP contribution in [0.3, 0.4) is 0 Å². The third-order valence-corrected chi connectivity index (χ3v) is 3.16. The highest BCUT2D eigenvalue weighted by atomic mass is 16.4. The van der Waals surface area contributed by atoms with Gasteiger partial charge in [0.1, 0.15) is 0 Å². The number of hydrogen-bond donors (Lipinski definition) is 2. The second-order valence-electron chi connectivity index (χ2n) is 4.74. The Morgan fingerprint density at radius 1 is 1.41 bits per heavy atom. The third kappa shape index (κ3) is 2.58. The fourth-order valence-electron chi connectivity index (χ4n) is 1.94. The molecule has 0 aliphatic carbocycles. The van der Waals surface area contributed by atoms with Crippen molar-refractivity contribution in [3.8, 4) is 0 Å². The van der Waals surface area contributed by atoms with Crippen LogP contribution in [0.1, 0.15) is 19.4 Å². The lowest BCUT2D eigenvalue weighted by Crippen LogP contribution is -2.16. The Morgan fingerprint density at radius 2 is 2.18 bits per heavy atom. The van der Waals surface area contributed by atoms with Crippen LogP contribution >= 0.6 is 0 Å². The second kappa shape index (κ2) is 4.75. The predicted octanol–water partition coefficient (Wildman–Crippen LogP) is 1.93. The molecule has 2 rings (SSSR count). The molecular formula is C13H17NO3. The van der Waals surface area contributed by atoms with E-state index in [1.165, 1.54) is 0 Å². The molecule has 2 N–H and O–H groups in total. The smallest absolute Gasteiger partial charge is 0.408 e. The van der Waals surface area contributed by atoms with E-state index in [1.807, 2.05) is 12.1 Å². The van der Waals surface area contributed by atoms with Gasteiger partial charge in [-0.2, -0.15) is 0 Å². The predicted molar refractivity (Wildman–Crippen MR) is 66.0 cm³/mol. The molecule has 1 heterocycles. The quantitative estimate of drug-likeness (QED) is 0.851. The molecule has 17 heavy (non-hydrogen) atoms. The van der Waals surface area contributed by atoms with Crippen molar-refractivity contribution in [1.82, 2.24) is 4.98 Å². The monoisotopic (exact) mass is 235 g/mol. The van der Waals surface area contributed by atoms with Gasteiger partial charge in [0, 0.05) is 6.61 Å². The van der Waals surface area contributed by atoms with Crippen molar-refractivity contribution in [2.75, 3.05) is 6.61 Å². The average molecular weight is 235 g/mol. The molecular weight excluding hydrogens is 218 g/mol. The number of aliphatic hydroxyl groups is 1. The van der Waals surface area contributed by atoms with E-state index in [0.29, 0.717) is 17.0 Å². The largest absolute Gasteiger partial charge is 0.417 e. The Morgan fingerprint density at radius 3 is 2.82 bits per heavy atom. The van der Waals surface area contributed by atoms with Crippen LogP contribution < -0.4 is 5.76 Å². The molecule has 0 fully saturated rings. The van der Waals surface area contributed by atoms with E-state index in [9.17, 15) is 9.90 Å². The van der Waals surface area contributed by atoms with Gasteiger partial charge >= 0.3 is 5.76 Å². The van der Waals surface area contributed by atoms with Crippen LogP contribution in [-0.2, 0) is 6.42 Å². The number of aromatic nitrogens is 1. The summed E-state index contributed by atoms with van der Waals surface area (Å²) in [4.78, 5) is 13.7. The van der Waals surface area contributed by atoms with E-state index in [2.05, 4.69) is 18.8 Å². The van der Waals surface area contributed by atoms with Crippen LogP contribution in [-0.4, -0.2) is 16.7 Å². The summed E-state index contributed by atoms with van der Waals surface area (Å²) in [5.74, 6) is 0.241. The molecule has 4 nitrogen and oxygen atoms in total. The maximum atomic E-state index is 11.0. The molecule has 0 bridgehead atoms. The molecule has 1 aromatic heterocycles. The van der Waals surface area contributed by atoms with Crippen LogP contribution in [0.15, 0.2) is 27.4 Å². The molecule has 0 saturated carbocycles. The zero-order chi connectivity index (χ0) is 12.4. The molecule has 0 amide bonds. The van der Waals surface area contributed by atoms with Gasteiger partial charge in [0.05, 0.1) is 5.52 Å². The Balaban J connectivity index is 2.26. The van der Waals surface area contributed by atoms with Gasteiger partial charge in [0.25, 0.3) is 0 Å². The Labute approximate surface area is 99.3 Å². The fourth-order valence-corrected chi connectivity index (χ4v) is 1.94. The van der Waals surface area contributed by atoms with Gasteiger partial charge in [-0.3, -0.25) is 4.98 Å². The second-order valence-corrected chi connectivity index (χ2v) is 4.74. The lowest BCUT2D eigenvalue weighted by Gasteiger charge is -2.17. The SMILES string of the molecule is CC(C)C(CO)Cc1ccc2oc(=O)[nH]c2c1. The number of fused-ring (bicyclic) bond motifs is 1. The number of nitrogens with one attached hydrogen (secondary N) is 1. The summed E-state index contributed by atoms with van der Waals surface area (Å²) in [5.41, 5.74) is 2.39. The zero-order valence-corrected chi connectivity index (χ0v) is 10.1. The topological polar surface area (TPSA) is 66.2 Å². The van der Waals surface area contributed by atoms with E-state index < -0.39 is 5.76 Å². The summed E-state index contributed by atoms with van der Waals surface area (Å²) in [6.45, 7) is 4.37. The van der Waals surface area contributed by atoms with Crippen molar-refractivity contribution in [2.24, 2.45) is 11.8 Å². The molecule has 1 unspecified atom stereocenters. The normalized spacial score (nSPS) is 13.4. The molecule has 92 valence electrons. The van der Waals surface area contributed by atoms with Crippen molar-refractivity contribution in [1.29, 1.82) is 0 Å². The van der Waals surface area contributed by atoms with Crippen molar-refractivity contribution >= 4 is 11.1 Å². The van der Waals surface area contributed by atoms with E-state index in [0.717, 1.165) is 12.0 Å². The van der Waals surface area contributed by atoms with Gasteiger partial charge < -0.3 is 9.52 Å². The highest BCUT2D eigenvalue weighted by Gasteiger charge is 2.13. The fraction of sp³-hybridized carbons (Fsp3) is 0.462. The molecule has 1 atom stereocenters. The highest BCUT2D eigenvalue weighted by Crippen LogP contribution is 2.19. The summed E-state index contributed by atoms with van der Waals surface area (Å²) >= 11 is 0. The van der Waals surface area contributed by atoms with E-state index >= 15 is 0 Å². The number of rotatable bonds is 4. The van der Waals surface area contributed by atoms with Crippen LogP contribution in [0.4, 0.5) is 0 Å². The van der Waals surface area contributed by atoms with Crippen molar-refractivity contribution in [3.05, 3.63) is 34.3 Å². The number of H-pyrrole nitrogens is 1. The van der Waals surface area contributed by atoms with E-state index in [1.54, 1.807) is 6.07 Å². The summed E-state index contributed by atoms with van der Waals surface area (Å²) in [5, 5.41) is 9.30. The minimum absolute atomic E-state index is 0.178. The summed E-state index contributed by atoms with van der Waals surface area (Å²) in [6.07, 6.45) is 0.803. The number of hydrogen-bond acceptors (Lipinski definition) is 3. The first-order chi connectivity index (χ1) is 8.10. The maximum Gasteiger partial charge on any atom is 0.417 e. The summed E-state index contributed by atoms with van der Waals surface area (Å²) in [7, 11) is 0. The molecule has 2 aromatic rings. The van der Waals surface area contributed by atoms with Crippen LogP contribution in [0.2, 0.25) is 0 Å². The van der Waals surface area contributed by atoms with Gasteiger partial charge in [-0.25, -0.2) is 4.79 Å². The number of aromatic amines is 1. The number of benzene rings is 1. The van der Waals surface area contributed by atoms with Crippen LogP contribution in [0.25, 0.3) is 11.1 Å². The molecule has 4 heteroatoms. The first-order valence-corrected chi connectivity index (χ1v) is 5.82. The highest BCUT2D eigenvalue weighted by molar-refractivity contribution is 5.72. The molecule has 1 aromatic carbocycles. The zero-order valence-electron chi connectivity index (χ0n) is 10.1. The molecule has 0 saturated heterocycles. The Kier molecular flexibility index (Phi) is 3.33. The van der Waals surface area contributed by atoms with Crippen LogP contribution in [0.5, 0.6) is 0 Å². The van der Waals surface area contributed by atoms with Gasteiger partial charge in [-0.1, -0.05) is 19.9 Å². The van der Waals surface area contributed by atoms with Crippen LogP contribution in [0, 0.1) is 11.8 Å². The molecule has 0 aliphatic heterocycles. The van der Waals surface area contributed by atoms with Crippen molar-refractivity contribution < 1.29 is 9.52 Å². The molecule has 0 aliphatic rings. The molecule has 0 radical (unpaired) electrons. The van der Waals surface area contributed by atoms with E-state index in [4.69, 9.17) is 4.42 Å². The Hall–Kier alpha value is -1.55. The lowest BCUT2D eigenvalue weighted by molar-refractivity contribution is 0.189. The minimum atomic E-state index is -0.431. The van der Waals surface area contributed by atoms with E-state index in [-0.39, 0.29) is 12.5 Å². The number of oxazole rings is 1. The lowest BCUT2D eigenvalue weighted by atomic mass is 9.90. The van der Waals surface area contributed by atoms with Crippen molar-refractivity contribution in [3.63, 3.8) is 0 Å². The molecule has 0 spiro atoms. The Bertz CT molecular complexity index is 553. The van der Waals surface area contributed by atoms with Gasteiger partial charge in [-0.15, -0.1) is 0 Å². The van der Waals surface area contributed by atoms with Gasteiger partial charge in [0.15, 0.2) is 5.58 Å². The summed E-state index contributed by atoms with van der Waals surface area (Å²) < 4.78 is 4.94. The van der Waals surface area contributed by atoms with Gasteiger partial charge in [-0.05, 0) is 36.0 Å². The first-order valence-electron chi connectivity index (χ1n) is 5.82. The number of aliphatic hydroxyl groups excluding tert-OH is 1. The first kappa shape index (κ1) is 11.9. The summed E-state index contributed by atoms with van der Waals surface area (Å²) in [6, 6.07) is 5.63. The van der Waals surface area contributed by atoms with Gasteiger partial charge in [0.2, 0.25) is 0 Å². The minimum Gasteiger partial charge on any atom is -0.408 e. The third-order valence-electron chi connectivity index (χ3n) is 3.16. The van der Waals surface area contributed by atoms with Crippen molar-refractivity contribution in [2.45, 2.75) is 20.3 Å².